The molecule has 0 amide bonds. The molecular weight excluding hydrogens is 1400 g/mol. The number of rotatable bonds is 10. The number of benzene rings is 16. The van der Waals surface area contributed by atoms with Crippen molar-refractivity contribution in [3.8, 4) is 91.1 Å². The maximum absolute atomic E-state index is 6.56. The highest BCUT2D eigenvalue weighted by Crippen LogP contribution is 2.46. The average molecular weight is 1460 g/mol. The van der Waals surface area contributed by atoms with E-state index in [0.717, 1.165) is 187 Å². The van der Waals surface area contributed by atoms with Gasteiger partial charge in [0.1, 0.15) is 22.3 Å². The summed E-state index contributed by atoms with van der Waals surface area (Å²) in [6.07, 6.45) is 0. The zero-order valence-electron chi connectivity index (χ0n) is 61.1. The van der Waals surface area contributed by atoms with Crippen LogP contribution in [0.3, 0.4) is 0 Å². The highest BCUT2D eigenvalue weighted by atomic mass is 16.3. The monoisotopic (exact) mass is 1460 g/mol. The summed E-state index contributed by atoms with van der Waals surface area (Å²) in [5.74, 6) is 3.34. The number of para-hydroxylation sites is 9. The van der Waals surface area contributed by atoms with Crippen LogP contribution in [0.1, 0.15) is 0 Å². The predicted molar refractivity (Wildman–Crippen MR) is 464 cm³/mol. The molecule has 0 saturated heterocycles. The Morgan fingerprint density at radius 1 is 0.193 bits per heavy atom. The van der Waals surface area contributed by atoms with Crippen LogP contribution in [0.25, 0.3) is 222 Å². The summed E-state index contributed by atoms with van der Waals surface area (Å²) < 4.78 is 22.1. The Kier molecular flexibility index (Phi) is 14.7. The molecule has 532 valence electrons. The second-order valence-corrected chi connectivity index (χ2v) is 28.8. The van der Waals surface area contributed by atoms with Gasteiger partial charge in [-0.1, -0.05) is 279 Å². The van der Waals surface area contributed by atoms with Crippen molar-refractivity contribution >= 4 is 131 Å². The molecule has 0 aliphatic heterocycles. The van der Waals surface area contributed by atoms with Crippen LogP contribution in [0.15, 0.2) is 385 Å². The lowest BCUT2D eigenvalue weighted by atomic mass is 10.0. The molecule has 114 heavy (non-hydrogen) atoms. The van der Waals surface area contributed by atoms with E-state index in [4.69, 9.17) is 38.7 Å². The third-order valence-electron chi connectivity index (χ3n) is 22.4. The Labute approximate surface area is 651 Å². The molecule has 8 heterocycles. The molecule has 12 nitrogen and oxygen atoms in total. The molecule has 0 spiro atoms. The van der Waals surface area contributed by atoms with Gasteiger partial charge in [-0.15, -0.1) is 0 Å². The van der Waals surface area contributed by atoms with Crippen molar-refractivity contribution in [2.45, 2.75) is 0 Å². The van der Waals surface area contributed by atoms with Crippen LogP contribution < -0.4 is 0 Å². The van der Waals surface area contributed by atoms with Gasteiger partial charge in [0.25, 0.3) is 0 Å². The van der Waals surface area contributed by atoms with Gasteiger partial charge in [0.05, 0.1) is 49.7 Å². The number of aromatic nitrogens is 10. The molecule has 24 rings (SSSR count). The van der Waals surface area contributed by atoms with Crippen LogP contribution >= 0.6 is 0 Å². The summed E-state index contributed by atoms with van der Waals surface area (Å²) >= 11 is 0. The SMILES string of the molecule is c1ccc(-c2ccc(-c3nc(-c4cccc5c4oc4ccccc45)nc(-n4c5ccccc5c5ccc6c(c7ccccc7n6-c6ccccc6)c54)n3)cc2)cc1.c1ccc(-c2cccc(-c3nc(-c4ccc5c(c4)oc4ccccc45)nc(-n4c5ccccc5c5ccc6c(c7ccccc7n6-c6ccccc6)c54)n3)c2)cc1. The molecule has 0 saturated carbocycles. The minimum atomic E-state index is 0.533. The van der Waals surface area contributed by atoms with Gasteiger partial charge >= 0.3 is 0 Å². The Bertz CT molecular complexity index is 7970. The summed E-state index contributed by atoms with van der Waals surface area (Å²) in [5, 5.41) is 13.3. The molecule has 0 radical (unpaired) electrons. The van der Waals surface area contributed by atoms with E-state index in [-0.39, 0.29) is 0 Å². The quantitative estimate of drug-likeness (QED) is 0.133. The molecule has 8 aromatic heterocycles. The number of hydrogen-bond acceptors (Lipinski definition) is 8. The lowest BCUT2D eigenvalue weighted by Crippen LogP contribution is -2.06. The molecule has 24 aromatic rings. The lowest BCUT2D eigenvalue weighted by molar-refractivity contribution is 0.669. The van der Waals surface area contributed by atoms with Gasteiger partial charge in [-0.2, -0.15) is 19.9 Å². The first kappa shape index (κ1) is 64.3. The summed E-state index contributed by atoms with van der Waals surface area (Å²) in [6.45, 7) is 0. The van der Waals surface area contributed by atoms with Crippen molar-refractivity contribution < 1.29 is 8.83 Å². The molecular formula is C102H62N10O2. The first-order valence-electron chi connectivity index (χ1n) is 38.2. The summed E-state index contributed by atoms with van der Waals surface area (Å²) in [4.78, 5) is 31.9. The van der Waals surface area contributed by atoms with Gasteiger partial charge in [-0.05, 0) is 119 Å². The molecule has 0 N–H and O–H groups in total. The van der Waals surface area contributed by atoms with E-state index in [1.807, 2.05) is 54.6 Å². The first-order valence-corrected chi connectivity index (χ1v) is 38.2. The molecule has 16 aromatic carbocycles. The van der Waals surface area contributed by atoms with Gasteiger partial charge in [0, 0.05) is 92.7 Å². The Balaban J connectivity index is 0.000000135. The standard InChI is InChI=1S/2C51H31N5O/c1-3-14-32(15-4-1)33-16-13-17-34(30-33)49-52-50(35-26-27-39-38-21-9-12-25-45(38)57-46(39)31-35)54-51(53-49)56-42-23-10-7-20-37(42)40-28-29-44-47(48(40)56)41-22-8-11-24-43(41)55(44)36-18-5-2-6-19-36;1-3-14-32(15-4-1)33-26-28-34(29-27-33)49-52-50(41-22-13-21-39-37-19-9-12-25-45(37)57-48(39)41)54-51(53-49)56-42-23-10-7-18-36(42)38-30-31-44-46(47(38)56)40-20-8-11-24-43(40)55(44)35-16-5-2-6-17-35/h2*1-31H. The maximum Gasteiger partial charge on any atom is 0.238 e. The fraction of sp³-hybridized carbons (Fsp3) is 0. The Hall–Kier alpha value is -15.7. The second kappa shape index (κ2) is 26.0. The molecule has 0 bridgehead atoms. The molecule has 0 aliphatic rings. The lowest BCUT2D eigenvalue weighted by Gasteiger charge is -2.12. The van der Waals surface area contributed by atoms with E-state index < -0.39 is 0 Å². The number of furan rings is 2. The van der Waals surface area contributed by atoms with Crippen LogP contribution in [0.5, 0.6) is 0 Å². The zero-order valence-corrected chi connectivity index (χ0v) is 61.1. The van der Waals surface area contributed by atoms with Crippen LogP contribution in [0.2, 0.25) is 0 Å². The fourth-order valence-corrected chi connectivity index (χ4v) is 17.3. The van der Waals surface area contributed by atoms with E-state index >= 15 is 0 Å². The van der Waals surface area contributed by atoms with E-state index in [1.54, 1.807) is 0 Å². The van der Waals surface area contributed by atoms with Crippen molar-refractivity contribution in [3.05, 3.63) is 376 Å². The van der Waals surface area contributed by atoms with Crippen LogP contribution in [0, 0.1) is 0 Å². The van der Waals surface area contributed by atoms with Gasteiger partial charge in [-0.25, -0.2) is 9.97 Å². The van der Waals surface area contributed by atoms with Crippen LogP contribution in [0.4, 0.5) is 0 Å². The zero-order chi connectivity index (χ0) is 74.9. The van der Waals surface area contributed by atoms with Crippen molar-refractivity contribution in [2.24, 2.45) is 0 Å². The van der Waals surface area contributed by atoms with E-state index in [2.05, 4.69) is 340 Å². The Morgan fingerprint density at radius 3 is 1.11 bits per heavy atom. The minimum Gasteiger partial charge on any atom is -0.456 e. The summed E-state index contributed by atoms with van der Waals surface area (Å²) in [5.41, 5.74) is 22.0. The predicted octanol–water partition coefficient (Wildman–Crippen LogP) is 25.9. The van der Waals surface area contributed by atoms with Gasteiger partial charge in [0.2, 0.25) is 11.9 Å². The van der Waals surface area contributed by atoms with Crippen LogP contribution in [-0.2, 0) is 0 Å². The van der Waals surface area contributed by atoms with Gasteiger partial charge in [0.15, 0.2) is 23.3 Å². The first-order chi connectivity index (χ1) is 56.5. The third kappa shape index (κ3) is 10.3. The highest BCUT2D eigenvalue weighted by Gasteiger charge is 2.27. The van der Waals surface area contributed by atoms with Gasteiger partial charge < -0.3 is 18.0 Å². The van der Waals surface area contributed by atoms with Crippen LogP contribution in [-0.4, -0.2) is 48.2 Å². The molecule has 12 heteroatoms. The van der Waals surface area contributed by atoms with Crippen molar-refractivity contribution in [3.63, 3.8) is 0 Å². The van der Waals surface area contributed by atoms with Crippen molar-refractivity contribution in [1.29, 1.82) is 0 Å². The maximum atomic E-state index is 6.56. The fourth-order valence-electron chi connectivity index (χ4n) is 17.3. The Morgan fingerprint density at radius 2 is 0.553 bits per heavy atom. The molecule has 0 aliphatic carbocycles. The van der Waals surface area contributed by atoms with Gasteiger partial charge in [-0.3, -0.25) is 9.13 Å². The second-order valence-electron chi connectivity index (χ2n) is 28.8. The van der Waals surface area contributed by atoms with E-state index in [0.29, 0.717) is 35.2 Å². The average Bonchev–Trinajstić information content (AvgIpc) is 1.55. The minimum absolute atomic E-state index is 0.533. The topological polar surface area (TPSA) is 123 Å². The smallest absolute Gasteiger partial charge is 0.238 e. The number of fused-ring (bicyclic) bond motifs is 20. The van der Waals surface area contributed by atoms with E-state index in [1.165, 1.54) is 0 Å². The summed E-state index contributed by atoms with van der Waals surface area (Å²) in [7, 11) is 0. The normalized spacial score (nSPS) is 11.9. The largest absolute Gasteiger partial charge is 0.456 e. The third-order valence-corrected chi connectivity index (χ3v) is 22.4. The number of nitrogens with zero attached hydrogens (tertiary/aromatic N) is 10. The molecule has 0 atom stereocenters. The van der Waals surface area contributed by atoms with E-state index in [9.17, 15) is 0 Å². The highest BCUT2D eigenvalue weighted by molar-refractivity contribution is 6.28. The van der Waals surface area contributed by atoms with Crippen molar-refractivity contribution in [2.75, 3.05) is 0 Å². The molecule has 0 unspecified atom stereocenters. The summed E-state index contributed by atoms with van der Waals surface area (Å²) in [6, 6.07) is 131. The molecule has 0 fully saturated rings. The van der Waals surface area contributed by atoms with Crippen molar-refractivity contribution in [1.82, 2.24) is 48.2 Å². The number of hydrogen-bond donors (Lipinski definition) is 0.